The van der Waals surface area contributed by atoms with E-state index in [1.165, 1.54) is 6.07 Å². The maximum Gasteiger partial charge on any atom is 0.182 e. The highest BCUT2D eigenvalue weighted by atomic mass is 32.1. The minimum absolute atomic E-state index is 0.0292. The van der Waals surface area contributed by atoms with E-state index in [2.05, 4.69) is 0 Å². The summed E-state index contributed by atoms with van der Waals surface area (Å²) in [6, 6.07) is 3.37. The van der Waals surface area contributed by atoms with Gasteiger partial charge >= 0.3 is 0 Å². The van der Waals surface area contributed by atoms with Crippen molar-refractivity contribution in [1.82, 2.24) is 0 Å². The first kappa shape index (κ1) is 13.2. The highest BCUT2D eigenvalue weighted by Crippen LogP contribution is 2.34. The van der Waals surface area contributed by atoms with Gasteiger partial charge in [-0.1, -0.05) is 19.1 Å². The van der Waals surface area contributed by atoms with Gasteiger partial charge in [-0.3, -0.25) is 0 Å². The molecule has 0 radical (unpaired) electrons. The summed E-state index contributed by atoms with van der Waals surface area (Å²) in [7, 11) is 0. The Balaban J connectivity index is 2.38. The fourth-order valence-electron chi connectivity index (χ4n) is 2.08. The first-order chi connectivity index (χ1) is 8.56. The number of nitrogens with two attached hydrogens (primary N) is 1. The Morgan fingerprint density at radius 2 is 2.06 bits per heavy atom. The van der Waals surface area contributed by atoms with Gasteiger partial charge in [-0.15, -0.1) is 0 Å². The van der Waals surface area contributed by atoms with Crippen LogP contribution in [-0.2, 0) is 0 Å². The highest BCUT2D eigenvalue weighted by Gasteiger charge is 2.31. The van der Waals surface area contributed by atoms with E-state index in [0.717, 1.165) is 25.8 Å². The molecular formula is C13H16F2N2S. The molecule has 0 spiro atoms. The minimum Gasteiger partial charge on any atom is -0.389 e. The second kappa shape index (κ2) is 5.18. The maximum absolute atomic E-state index is 14.1. The monoisotopic (exact) mass is 270 g/mol. The Kier molecular flexibility index (Phi) is 3.80. The van der Waals surface area contributed by atoms with E-state index >= 15 is 0 Å². The van der Waals surface area contributed by atoms with E-state index in [4.69, 9.17) is 18.0 Å². The summed E-state index contributed by atoms with van der Waals surface area (Å²) in [6.45, 7) is 2.75. The van der Waals surface area contributed by atoms with Crippen molar-refractivity contribution in [2.75, 3.05) is 11.4 Å². The molecule has 1 fully saturated rings. The third-order valence-corrected chi connectivity index (χ3v) is 3.31. The molecule has 0 aliphatic heterocycles. The van der Waals surface area contributed by atoms with Crippen molar-refractivity contribution >= 4 is 22.9 Å². The van der Waals surface area contributed by atoms with E-state index < -0.39 is 11.6 Å². The van der Waals surface area contributed by atoms with Crippen LogP contribution in [0.25, 0.3) is 0 Å². The summed E-state index contributed by atoms with van der Waals surface area (Å²) in [5.41, 5.74) is 5.64. The number of hydrogen-bond acceptors (Lipinski definition) is 2. The van der Waals surface area contributed by atoms with Crippen LogP contribution in [0.3, 0.4) is 0 Å². The molecule has 2 N–H and O–H groups in total. The van der Waals surface area contributed by atoms with Crippen molar-refractivity contribution in [2.45, 2.75) is 32.2 Å². The van der Waals surface area contributed by atoms with Gasteiger partial charge in [0.05, 0.1) is 5.69 Å². The van der Waals surface area contributed by atoms with Crippen LogP contribution in [0, 0.1) is 11.6 Å². The first-order valence-electron chi connectivity index (χ1n) is 6.10. The third-order valence-electron chi connectivity index (χ3n) is 3.09. The molecule has 2 rings (SSSR count). The summed E-state index contributed by atoms with van der Waals surface area (Å²) < 4.78 is 27.9. The fourth-order valence-corrected chi connectivity index (χ4v) is 2.24. The van der Waals surface area contributed by atoms with Crippen LogP contribution in [0.4, 0.5) is 14.5 Å². The number of benzene rings is 1. The van der Waals surface area contributed by atoms with Crippen molar-refractivity contribution in [3.8, 4) is 0 Å². The lowest BCUT2D eigenvalue weighted by Gasteiger charge is -2.25. The van der Waals surface area contributed by atoms with Crippen molar-refractivity contribution in [3.05, 3.63) is 29.3 Å². The molecular weight excluding hydrogens is 254 g/mol. The molecule has 18 heavy (non-hydrogen) atoms. The van der Waals surface area contributed by atoms with Crippen molar-refractivity contribution in [3.63, 3.8) is 0 Å². The van der Waals surface area contributed by atoms with Crippen LogP contribution < -0.4 is 10.6 Å². The van der Waals surface area contributed by atoms with Gasteiger partial charge in [0.1, 0.15) is 4.99 Å². The topological polar surface area (TPSA) is 29.3 Å². The van der Waals surface area contributed by atoms with E-state index in [-0.39, 0.29) is 10.6 Å². The zero-order valence-corrected chi connectivity index (χ0v) is 11.1. The molecule has 1 aliphatic carbocycles. The van der Waals surface area contributed by atoms with Crippen LogP contribution in [0.5, 0.6) is 0 Å². The molecule has 98 valence electrons. The minimum atomic E-state index is -0.943. The van der Waals surface area contributed by atoms with E-state index in [1.54, 1.807) is 6.07 Å². The first-order valence-corrected chi connectivity index (χ1v) is 6.51. The number of anilines is 1. The normalized spacial score (nSPS) is 14.6. The number of nitrogens with zero attached hydrogens (tertiary/aromatic N) is 1. The lowest BCUT2D eigenvalue weighted by molar-refractivity contribution is 0.503. The average molecular weight is 270 g/mol. The Hall–Kier alpha value is -1.23. The molecule has 0 amide bonds. The predicted octanol–water partition coefficient (Wildman–Crippen LogP) is 2.98. The summed E-state index contributed by atoms with van der Waals surface area (Å²) in [4.78, 5) is 1.81. The molecule has 0 saturated heterocycles. The van der Waals surface area contributed by atoms with Crippen LogP contribution in [0.1, 0.15) is 31.7 Å². The van der Waals surface area contributed by atoms with Crippen LogP contribution in [-0.4, -0.2) is 17.6 Å². The molecule has 0 aromatic heterocycles. The van der Waals surface area contributed by atoms with Crippen LogP contribution in [0.15, 0.2) is 12.1 Å². The molecule has 1 aromatic rings. The molecule has 1 aromatic carbocycles. The molecule has 2 nitrogen and oxygen atoms in total. The standard InChI is InChI=1S/C13H16F2N2S/c1-2-7-17(8-3-4-8)10-6-5-9(13(16)18)11(14)12(10)15/h5-6,8H,2-4,7H2,1H3,(H2,16,18). The maximum atomic E-state index is 14.1. The van der Waals surface area contributed by atoms with Gasteiger partial charge in [0.2, 0.25) is 0 Å². The zero-order valence-electron chi connectivity index (χ0n) is 10.2. The molecule has 0 atom stereocenters. The quantitative estimate of drug-likeness (QED) is 0.834. The van der Waals surface area contributed by atoms with Crippen LogP contribution >= 0.6 is 12.2 Å². The molecule has 1 aliphatic rings. The van der Waals surface area contributed by atoms with E-state index in [9.17, 15) is 8.78 Å². The molecule has 5 heteroatoms. The number of thiocarbonyl (C=S) groups is 1. The molecule has 0 heterocycles. The number of rotatable bonds is 5. The molecule has 1 saturated carbocycles. The van der Waals surface area contributed by atoms with Gasteiger partial charge in [0.25, 0.3) is 0 Å². The Labute approximate surface area is 111 Å². The zero-order chi connectivity index (χ0) is 13.3. The third kappa shape index (κ3) is 2.46. The Morgan fingerprint density at radius 1 is 1.39 bits per heavy atom. The van der Waals surface area contributed by atoms with Crippen LogP contribution in [0.2, 0.25) is 0 Å². The number of halogens is 2. The lowest BCUT2D eigenvalue weighted by Crippen LogP contribution is -2.28. The second-order valence-electron chi connectivity index (χ2n) is 4.55. The van der Waals surface area contributed by atoms with Gasteiger partial charge in [-0.2, -0.15) is 0 Å². The van der Waals surface area contributed by atoms with Crippen molar-refractivity contribution in [1.29, 1.82) is 0 Å². The Morgan fingerprint density at radius 3 is 2.56 bits per heavy atom. The smallest absolute Gasteiger partial charge is 0.182 e. The highest BCUT2D eigenvalue weighted by molar-refractivity contribution is 7.80. The summed E-state index contributed by atoms with van der Waals surface area (Å²) in [6.07, 6.45) is 2.98. The summed E-state index contributed by atoms with van der Waals surface area (Å²) >= 11 is 4.69. The van der Waals surface area contributed by atoms with Gasteiger partial charge in [0.15, 0.2) is 11.6 Å². The van der Waals surface area contributed by atoms with Gasteiger partial charge < -0.3 is 10.6 Å². The van der Waals surface area contributed by atoms with Crippen molar-refractivity contribution < 1.29 is 8.78 Å². The van der Waals surface area contributed by atoms with Gasteiger partial charge in [-0.05, 0) is 31.4 Å². The SMILES string of the molecule is CCCN(c1ccc(C(N)=S)c(F)c1F)C1CC1. The van der Waals surface area contributed by atoms with Gasteiger partial charge in [0, 0.05) is 18.2 Å². The molecule has 0 unspecified atom stereocenters. The van der Waals surface area contributed by atoms with E-state index in [1.807, 2.05) is 11.8 Å². The lowest BCUT2D eigenvalue weighted by atomic mass is 10.1. The largest absolute Gasteiger partial charge is 0.389 e. The fraction of sp³-hybridized carbons (Fsp3) is 0.462. The molecule has 0 bridgehead atoms. The summed E-state index contributed by atoms with van der Waals surface area (Å²) in [5, 5.41) is 0. The van der Waals surface area contributed by atoms with Crippen molar-refractivity contribution in [2.24, 2.45) is 5.73 Å². The second-order valence-corrected chi connectivity index (χ2v) is 4.99. The Bertz CT molecular complexity index is 472. The van der Waals surface area contributed by atoms with E-state index in [0.29, 0.717) is 11.7 Å². The number of hydrogen-bond donors (Lipinski definition) is 1. The average Bonchev–Trinajstić information content (AvgIpc) is 3.14. The summed E-state index contributed by atoms with van der Waals surface area (Å²) in [5.74, 6) is -1.79. The van der Waals surface area contributed by atoms with Gasteiger partial charge in [-0.25, -0.2) is 8.78 Å². The predicted molar refractivity (Wildman–Crippen MR) is 72.9 cm³/mol.